The van der Waals surface area contributed by atoms with Crippen molar-refractivity contribution in [2.45, 2.75) is 36.9 Å². The molecule has 1 saturated heterocycles. The number of amides is 3. The van der Waals surface area contributed by atoms with Crippen LogP contribution in [0.2, 0.25) is 0 Å². The van der Waals surface area contributed by atoms with Crippen LogP contribution in [0.25, 0.3) is 11.4 Å². The van der Waals surface area contributed by atoms with Crippen LogP contribution in [-0.4, -0.2) is 78.1 Å². The number of benzene rings is 3. The molecule has 0 aliphatic carbocycles. The number of hydrogen-bond acceptors (Lipinski definition) is 8. The van der Waals surface area contributed by atoms with Gasteiger partial charge in [-0.1, -0.05) is 84.9 Å². The summed E-state index contributed by atoms with van der Waals surface area (Å²) < 4.78 is 11.1. The summed E-state index contributed by atoms with van der Waals surface area (Å²) in [5.74, 6) is -1.12. The zero-order valence-electron chi connectivity index (χ0n) is 28.3. The maximum absolute atomic E-state index is 14.1. The van der Waals surface area contributed by atoms with Crippen molar-refractivity contribution in [1.29, 1.82) is 0 Å². The second-order valence-electron chi connectivity index (χ2n) is 12.3. The quantitative estimate of drug-likeness (QED) is 0.119. The smallest absolute Gasteiger partial charge is 0.407 e. The summed E-state index contributed by atoms with van der Waals surface area (Å²) in [6, 6.07) is 33.1. The van der Waals surface area contributed by atoms with Crippen LogP contribution in [0.15, 0.2) is 115 Å². The van der Waals surface area contributed by atoms with Crippen LogP contribution in [0.1, 0.15) is 39.5 Å². The number of para-hydroxylation sites is 1. The van der Waals surface area contributed by atoms with Crippen molar-refractivity contribution in [2.24, 2.45) is 0 Å². The fraction of sp³-hybridized carbons (Fsp3) is 0.256. The summed E-state index contributed by atoms with van der Waals surface area (Å²) in [5, 5.41) is 19.3. The van der Waals surface area contributed by atoms with Gasteiger partial charge < -0.3 is 30.7 Å². The highest BCUT2D eigenvalue weighted by Crippen LogP contribution is 2.30. The van der Waals surface area contributed by atoms with Gasteiger partial charge in [0.05, 0.1) is 31.2 Å². The number of aromatic nitrogens is 3. The molecule has 3 aromatic carbocycles. The second kappa shape index (κ2) is 17.2. The average Bonchev–Trinajstić information content (AvgIpc) is 3.69. The number of ether oxygens (including phenoxy) is 2. The Morgan fingerprint density at radius 3 is 2.29 bits per heavy atom. The number of hydrogen-bond donors (Lipinski definition) is 5. The van der Waals surface area contributed by atoms with E-state index in [-0.39, 0.29) is 24.0 Å². The molecule has 0 spiro atoms. The molecule has 5 aromatic rings. The highest BCUT2D eigenvalue weighted by atomic mass is 16.5. The minimum Gasteiger partial charge on any atom is -0.453 e. The van der Waals surface area contributed by atoms with Crippen molar-refractivity contribution in [1.82, 2.24) is 31.1 Å². The third kappa shape index (κ3) is 9.24. The second-order valence-corrected chi connectivity index (χ2v) is 12.3. The molecule has 0 saturated carbocycles. The lowest BCUT2D eigenvalue weighted by molar-refractivity contribution is -0.118. The zero-order valence-corrected chi connectivity index (χ0v) is 28.3. The van der Waals surface area contributed by atoms with Gasteiger partial charge in [-0.3, -0.25) is 19.7 Å². The molecule has 262 valence electrons. The summed E-state index contributed by atoms with van der Waals surface area (Å²) in [6.45, 7) is 1.44. The Hall–Kier alpha value is -5.85. The number of nitrogens with zero attached hydrogens (tertiary/aromatic N) is 2. The minimum absolute atomic E-state index is 0.0487. The van der Waals surface area contributed by atoms with Crippen LogP contribution in [0.5, 0.6) is 0 Å². The highest BCUT2D eigenvalue weighted by molar-refractivity contribution is 5.98. The van der Waals surface area contributed by atoms with Crippen molar-refractivity contribution in [3.8, 4) is 11.4 Å². The van der Waals surface area contributed by atoms with Gasteiger partial charge in [-0.2, -0.15) is 5.10 Å². The molecule has 12 nitrogen and oxygen atoms in total. The van der Waals surface area contributed by atoms with Crippen molar-refractivity contribution < 1.29 is 23.9 Å². The molecule has 0 bridgehead atoms. The molecule has 1 aliphatic rings. The summed E-state index contributed by atoms with van der Waals surface area (Å²) in [6.07, 6.45) is 2.30. The molecule has 1 unspecified atom stereocenters. The maximum Gasteiger partial charge on any atom is 0.407 e. The normalized spacial score (nSPS) is 16.2. The lowest BCUT2D eigenvalue weighted by Gasteiger charge is -2.31. The van der Waals surface area contributed by atoms with E-state index >= 15 is 0 Å². The van der Waals surface area contributed by atoms with Gasteiger partial charge in [-0.05, 0) is 53.8 Å². The number of anilines is 1. The summed E-state index contributed by atoms with van der Waals surface area (Å²) >= 11 is 0. The first-order valence-corrected chi connectivity index (χ1v) is 16.9. The number of carbonyl (C=O) groups excluding carboxylic acids is 3. The Bertz CT molecular complexity index is 1840. The minimum atomic E-state index is -0.963. The Morgan fingerprint density at radius 1 is 0.922 bits per heavy atom. The molecule has 3 atom stereocenters. The SMILES string of the molecule is COC(=O)NC(C(=O)Nc1ccccc1CC[C@@H]1CN[C@H](CNC(=O)c2cc(-c3ccccn3)[nH]n2)CO1)C(c1ccccc1)c1ccccc1. The van der Waals surface area contributed by atoms with Crippen molar-refractivity contribution in [2.75, 3.05) is 32.1 Å². The van der Waals surface area contributed by atoms with Crippen LogP contribution >= 0.6 is 0 Å². The maximum atomic E-state index is 14.1. The number of aromatic amines is 1. The van der Waals surface area contributed by atoms with E-state index < -0.39 is 18.1 Å². The molecule has 51 heavy (non-hydrogen) atoms. The molecule has 1 aliphatic heterocycles. The van der Waals surface area contributed by atoms with Gasteiger partial charge in [0.25, 0.3) is 5.91 Å². The van der Waals surface area contributed by atoms with E-state index in [2.05, 4.69) is 36.4 Å². The molecule has 2 aromatic heterocycles. The predicted molar refractivity (Wildman–Crippen MR) is 193 cm³/mol. The Morgan fingerprint density at radius 2 is 1.63 bits per heavy atom. The van der Waals surface area contributed by atoms with Gasteiger partial charge in [-0.15, -0.1) is 0 Å². The predicted octanol–water partition coefficient (Wildman–Crippen LogP) is 4.69. The Kier molecular flexibility index (Phi) is 11.8. The monoisotopic (exact) mass is 687 g/mol. The number of aryl methyl sites for hydroxylation is 1. The van der Waals surface area contributed by atoms with E-state index in [0.717, 1.165) is 16.7 Å². The molecule has 3 heterocycles. The van der Waals surface area contributed by atoms with Gasteiger partial charge in [0.15, 0.2) is 5.69 Å². The molecule has 6 rings (SSSR count). The first-order chi connectivity index (χ1) is 25.0. The molecule has 0 radical (unpaired) electrons. The fourth-order valence-electron chi connectivity index (χ4n) is 6.15. The van der Waals surface area contributed by atoms with Crippen molar-refractivity contribution in [3.63, 3.8) is 0 Å². The third-order valence-electron chi connectivity index (χ3n) is 8.83. The van der Waals surface area contributed by atoms with Crippen LogP contribution in [0.4, 0.5) is 10.5 Å². The number of methoxy groups -OCH3 is 1. The van der Waals surface area contributed by atoms with Crippen molar-refractivity contribution in [3.05, 3.63) is 138 Å². The lowest BCUT2D eigenvalue weighted by Crippen LogP contribution is -2.51. The first-order valence-electron chi connectivity index (χ1n) is 16.9. The number of carbonyl (C=O) groups is 3. The van der Waals surface area contributed by atoms with E-state index in [1.165, 1.54) is 7.11 Å². The Balaban J connectivity index is 1.04. The molecule has 3 amide bonds. The number of alkyl carbamates (subject to hydrolysis) is 1. The molecule has 1 fully saturated rings. The van der Waals surface area contributed by atoms with Crippen molar-refractivity contribution >= 4 is 23.6 Å². The molecule has 5 N–H and O–H groups in total. The van der Waals surface area contributed by atoms with Crippen LogP contribution in [0, 0.1) is 0 Å². The number of H-pyrrole nitrogens is 1. The van der Waals surface area contributed by atoms with E-state index in [9.17, 15) is 14.4 Å². The van der Waals surface area contributed by atoms with E-state index in [4.69, 9.17) is 9.47 Å². The van der Waals surface area contributed by atoms with Gasteiger partial charge >= 0.3 is 6.09 Å². The highest BCUT2D eigenvalue weighted by Gasteiger charge is 2.33. The van der Waals surface area contributed by atoms with E-state index in [0.29, 0.717) is 55.3 Å². The van der Waals surface area contributed by atoms with Crippen LogP contribution in [0.3, 0.4) is 0 Å². The topological polar surface area (TPSA) is 159 Å². The number of morpholine rings is 1. The fourth-order valence-corrected chi connectivity index (χ4v) is 6.15. The molecular weight excluding hydrogens is 646 g/mol. The summed E-state index contributed by atoms with van der Waals surface area (Å²) in [4.78, 5) is 43.6. The Labute approximate surface area is 296 Å². The van der Waals surface area contributed by atoms with Gasteiger partial charge in [0.1, 0.15) is 6.04 Å². The largest absolute Gasteiger partial charge is 0.453 e. The van der Waals surface area contributed by atoms with E-state index in [1.54, 1.807) is 12.3 Å². The van der Waals surface area contributed by atoms with Gasteiger partial charge in [0.2, 0.25) is 5.91 Å². The van der Waals surface area contributed by atoms with E-state index in [1.807, 2.05) is 103 Å². The zero-order chi connectivity index (χ0) is 35.4. The van der Waals surface area contributed by atoms with Crippen LogP contribution in [-0.2, 0) is 20.7 Å². The molecule has 12 heteroatoms. The molecular formula is C39H41N7O5. The number of nitrogens with one attached hydrogen (secondary N) is 5. The van der Waals surface area contributed by atoms with Gasteiger partial charge in [0, 0.05) is 36.9 Å². The lowest BCUT2D eigenvalue weighted by atomic mass is 9.84. The van der Waals surface area contributed by atoms with Crippen LogP contribution < -0.4 is 21.3 Å². The third-order valence-corrected chi connectivity index (χ3v) is 8.83. The number of pyridine rings is 1. The summed E-state index contributed by atoms with van der Waals surface area (Å²) in [7, 11) is 1.28. The number of rotatable bonds is 13. The standard InChI is InChI=1S/C39H41N7O5/c1-50-39(49)44-36(35(27-13-4-2-5-14-27)28-15-6-3-7-16-28)38(48)43-31-17-9-8-12-26(31)19-20-30-24-41-29(25-51-30)23-42-37(47)34-22-33(45-46-34)32-18-10-11-21-40-32/h2-18,21-22,29-30,35-36,41H,19-20,23-25H2,1H3,(H,42,47)(H,43,48)(H,44,49)(H,45,46)/t29-,30-,36?/m1/s1. The summed E-state index contributed by atoms with van der Waals surface area (Å²) in [5.41, 5.74) is 5.04. The average molecular weight is 688 g/mol. The van der Waals surface area contributed by atoms with Gasteiger partial charge in [-0.25, -0.2) is 4.79 Å². The first kappa shape index (κ1) is 35.0.